The van der Waals surface area contributed by atoms with Crippen LogP contribution in [0.2, 0.25) is 0 Å². The van der Waals surface area contributed by atoms with Gasteiger partial charge in [0.2, 0.25) is 0 Å². The Kier molecular flexibility index (Phi) is 3.15. The molecule has 0 aliphatic heterocycles. The highest BCUT2D eigenvalue weighted by molar-refractivity contribution is 5.87. The molecule has 0 heterocycles. The normalized spacial score (nSPS) is 54.6. The zero-order chi connectivity index (χ0) is 15.7. The van der Waals surface area contributed by atoms with Gasteiger partial charge >= 0.3 is 0 Å². The third kappa shape index (κ3) is 1.78. The van der Waals surface area contributed by atoms with Crippen molar-refractivity contribution in [1.82, 2.24) is 0 Å². The number of aliphatic hydroxyl groups is 1. The number of ketones is 2. The molecule has 22 heavy (non-hydrogen) atoms. The van der Waals surface area contributed by atoms with Crippen molar-refractivity contribution in [3.63, 3.8) is 0 Å². The first-order valence-electron chi connectivity index (χ1n) is 9.10. The summed E-state index contributed by atoms with van der Waals surface area (Å²) in [6, 6.07) is 0. The SMILES string of the molecule is C[C@]12CC(=O)C(O)C[C@@H]1CC[C@@H]1[C@@H]2CC[C@]2(C)C(=O)CC[C@@H]12. The molecule has 122 valence electrons. The van der Waals surface area contributed by atoms with E-state index in [1.165, 1.54) is 6.42 Å². The minimum absolute atomic E-state index is 0.0511. The summed E-state index contributed by atoms with van der Waals surface area (Å²) in [7, 11) is 0. The van der Waals surface area contributed by atoms with Crippen LogP contribution in [0.5, 0.6) is 0 Å². The van der Waals surface area contributed by atoms with Gasteiger partial charge in [-0.15, -0.1) is 0 Å². The van der Waals surface area contributed by atoms with E-state index in [9.17, 15) is 14.7 Å². The van der Waals surface area contributed by atoms with Gasteiger partial charge in [0.1, 0.15) is 11.9 Å². The minimum atomic E-state index is -0.725. The predicted molar refractivity (Wildman–Crippen MR) is 83.1 cm³/mol. The summed E-state index contributed by atoms with van der Waals surface area (Å²) in [6.45, 7) is 4.51. The summed E-state index contributed by atoms with van der Waals surface area (Å²) < 4.78 is 0. The number of hydrogen-bond acceptors (Lipinski definition) is 3. The third-order valence-corrected chi connectivity index (χ3v) is 8.21. The van der Waals surface area contributed by atoms with Crippen molar-refractivity contribution >= 4 is 11.6 Å². The van der Waals surface area contributed by atoms with Gasteiger partial charge in [0.05, 0.1) is 0 Å². The van der Waals surface area contributed by atoms with Crippen LogP contribution in [0.3, 0.4) is 0 Å². The van der Waals surface area contributed by atoms with Crippen LogP contribution in [-0.2, 0) is 9.59 Å². The monoisotopic (exact) mass is 304 g/mol. The van der Waals surface area contributed by atoms with Crippen LogP contribution >= 0.6 is 0 Å². The van der Waals surface area contributed by atoms with Gasteiger partial charge in [-0.1, -0.05) is 13.8 Å². The van der Waals surface area contributed by atoms with Crippen LogP contribution in [0.25, 0.3) is 0 Å². The Balaban J connectivity index is 1.66. The Morgan fingerprint density at radius 3 is 2.59 bits per heavy atom. The fraction of sp³-hybridized carbons (Fsp3) is 0.895. The molecular weight excluding hydrogens is 276 g/mol. The highest BCUT2D eigenvalue weighted by atomic mass is 16.3. The zero-order valence-electron chi connectivity index (χ0n) is 13.8. The van der Waals surface area contributed by atoms with Gasteiger partial charge in [-0.05, 0) is 67.6 Å². The smallest absolute Gasteiger partial charge is 0.161 e. The van der Waals surface area contributed by atoms with E-state index in [4.69, 9.17) is 0 Å². The van der Waals surface area contributed by atoms with E-state index in [1.807, 2.05) is 0 Å². The van der Waals surface area contributed by atoms with E-state index in [2.05, 4.69) is 13.8 Å². The lowest BCUT2D eigenvalue weighted by Gasteiger charge is -2.59. The number of fused-ring (bicyclic) bond motifs is 5. The molecule has 4 saturated carbocycles. The van der Waals surface area contributed by atoms with Crippen LogP contribution in [0, 0.1) is 34.5 Å². The van der Waals surface area contributed by atoms with Crippen molar-refractivity contribution in [2.75, 3.05) is 0 Å². The maximum absolute atomic E-state index is 12.4. The van der Waals surface area contributed by atoms with Crippen molar-refractivity contribution in [3.8, 4) is 0 Å². The first kappa shape index (κ1) is 14.9. The van der Waals surface area contributed by atoms with Crippen molar-refractivity contribution in [2.45, 2.75) is 71.3 Å². The molecule has 0 aromatic heterocycles. The van der Waals surface area contributed by atoms with Crippen molar-refractivity contribution in [3.05, 3.63) is 0 Å². The summed E-state index contributed by atoms with van der Waals surface area (Å²) in [6.07, 6.45) is 6.75. The Hall–Kier alpha value is -0.700. The molecule has 1 N–H and O–H groups in total. The molecule has 0 amide bonds. The molecule has 0 aromatic rings. The average Bonchev–Trinajstić information content (AvgIpc) is 2.77. The molecular formula is C19H28O3. The molecule has 0 bridgehead atoms. The second kappa shape index (κ2) is 4.66. The van der Waals surface area contributed by atoms with Gasteiger partial charge in [0, 0.05) is 18.3 Å². The Labute approximate surface area is 132 Å². The van der Waals surface area contributed by atoms with Crippen LogP contribution in [0.4, 0.5) is 0 Å². The van der Waals surface area contributed by atoms with Crippen LogP contribution < -0.4 is 0 Å². The molecule has 1 unspecified atom stereocenters. The molecule has 4 fully saturated rings. The molecule has 0 saturated heterocycles. The van der Waals surface area contributed by atoms with Gasteiger partial charge in [-0.25, -0.2) is 0 Å². The number of Topliss-reactive ketones (excluding diaryl/α,β-unsaturated/α-hetero) is 2. The van der Waals surface area contributed by atoms with Crippen LogP contribution in [-0.4, -0.2) is 22.8 Å². The summed E-state index contributed by atoms with van der Waals surface area (Å²) in [4.78, 5) is 24.5. The van der Waals surface area contributed by atoms with Crippen molar-refractivity contribution in [1.29, 1.82) is 0 Å². The van der Waals surface area contributed by atoms with Gasteiger partial charge in [0.15, 0.2) is 5.78 Å². The quantitative estimate of drug-likeness (QED) is 0.748. The van der Waals surface area contributed by atoms with Gasteiger partial charge in [-0.3, -0.25) is 9.59 Å². The van der Waals surface area contributed by atoms with E-state index < -0.39 is 6.10 Å². The molecule has 4 rings (SSSR count). The van der Waals surface area contributed by atoms with E-state index in [1.54, 1.807) is 0 Å². The van der Waals surface area contributed by atoms with E-state index in [0.717, 1.165) is 32.1 Å². The van der Waals surface area contributed by atoms with Gasteiger partial charge < -0.3 is 5.11 Å². The standard InChI is InChI=1S/C19H28O3/c1-18-8-7-14-12(13(18)5-6-17(18)22)4-3-11-9-15(20)16(21)10-19(11,14)2/h11-15,20H,3-10H2,1-2H3/t11-,12-,13-,14-,15?,18-,19-/m0/s1. The molecule has 4 aliphatic carbocycles. The largest absolute Gasteiger partial charge is 0.385 e. The topological polar surface area (TPSA) is 54.4 Å². The lowest BCUT2D eigenvalue weighted by atomic mass is 9.45. The number of carbonyl (C=O) groups excluding carboxylic acids is 2. The summed E-state index contributed by atoms with van der Waals surface area (Å²) in [5.74, 6) is 2.76. The highest BCUT2D eigenvalue weighted by Crippen LogP contribution is 2.65. The van der Waals surface area contributed by atoms with Crippen LogP contribution in [0.1, 0.15) is 65.2 Å². The number of carbonyl (C=O) groups is 2. The number of rotatable bonds is 0. The van der Waals surface area contributed by atoms with E-state index >= 15 is 0 Å². The number of aliphatic hydroxyl groups excluding tert-OH is 1. The van der Waals surface area contributed by atoms with Gasteiger partial charge in [0.25, 0.3) is 0 Å². The fourth-order valence-electron chi connectivity index (χ4n) is 6.86. The molecule has 3 heteroatoms. The second-order valence-corrected chi connectivity index (χ2v) is 8.97. The maximum atomic E-state index is 12.4. The summed E-state index contributed by atoms with van der Waals surface area (Å²) in [5, 5.41) is 9.96. The predicted octanol–water partition coefficient (Wildman–Crippen LogP) is 3.14. The lowest BCUT2D eigenvalue weighted by Crippen LogP contribution is -2.55. The molecule has 7 atom stereocenters. The molecule has 0 radical (unpaired) electrons. The maximum Gasteiger partial charge on any atom is 0.161 e. The Morgan fingerprint density at radius 1 is 1.05 bits per heavy atom. The van der Waals surface area contributed by atoms with E-state index in [-0.39, 0.29) is 16.6 Å². The zero-order valence-corrected chi connectivity index (χ0v) is 13.8. The van der Waals surface area contributed by atoms with Crippen LogP contribution in [0.15, 0.2) is 0 Å². The average molecular weight is 304 g/mol. The molecule has 0 aromatic carbocycles. The Morgan fingerprint density at radius 2 is 1.82 bits per heavy atom. The molecule has 3 nitrogen and oxygen atoms in total. The summed E-state index contributed by atoms with van der Waals surface area (Å²) in [5.41, 5.74) is -0.0191. The lowest BCUT2D eigenvalue weighted by molar-refractivity contribution is -0.156. The molecule has 0 spiro atoms. The third-order valence-electron chi connectivity index (χ3n) is 8.21. The highest BCUT2D eigenvalue weighted by Gasteiger charge is 2.61. The van der Waals surface area contributed by atoms with E-state index in [0.29, 0.717) is 42.3 Å². The molecule has 4 aliphatic rings. The van der Waals surface area contributed by atoms with Crippen molar-refractivity contribution < 1.29 is 14.7 Å². The minimum Gasteiger partial charge on any atom is -0.385 e. The first-order chi connectivity index (χ1) is 10.4. The number of hydrogen-bond donors (Lipinski definition) is 1. The summed E-state index contributed by atoms with van der Waals surface area (Å²) >= 11 is 0. The van der Waals surface area contributed by atoms with Gasteiger partial charge in [-0.2, -0.15) is 0 Å². The first-order valence-corrected chi connectivity index (χ1v) is 9.10. The fourth-order valence-corrected chi connectivity index (χ4v) is 6.86. The van der Waals surface area contributed by atoms with Crippen molar-refractivity contribution in [2.24, 2.45) is 34.5 Å². The Bertz CT molecular complexity index is 527. The second-order valence-electron chi connectivity index (χ2n) is 8.97.